The minimum atomic E-state index is -1.11. The van der Waals surface area contributed by atoms with Gasteiger partial charge in [0.05, 0.1) is 26.1 Å². The second kappa shape index (κ2) is 5.43. The van der Waals surface area contributed by atoms with Crippen LogP contribution in [-0.4, -0.2) is 53.5 Å². The largest absolute Gasteiger partial charge is 0.394 e. The summed E-state index contributed by atoms with van der Waals surface area (Å²) >= 11 is 0. The monoisotopic (exact) mass is 243 g/mol. The van der Waals surface area contributed by atoms with E-state index < -0.39 is 17.9 Å². The predicted molar refractivity (Wildman–Crippen MR) is 60.8 cm³/mol. The van der Waals surface area contributed by atoms with Crippen molar-refractivity contribution in [2.75, 3.05) is 19.7 Å². The Morgan fingerprint density at radius 2 is 2.35 bits per heavy atom. The van der Waals surface area contributed by atoms with Crippen molar-refractivity contribution in [3.8, 4) is 0 Å². The van der Waals surface area contributed by atoms with Gasteiger partial charge in [0.15, 0.2) is 0 Å². The first kappa shape index (κ1) is 13.9. The molecule has 0 unspecified atom stereocenters. The maximum absolute atomic E-state index is 13.1. The van der Waals surface area contributed by atoms with E-state index in [1.165, 1.54) is 4.90 Å². The Morgan fingerprint density at radius 1 is 1.71 bits per heavy atom. The van der Waals surface area contributed by atoms with E-state index in [1.807, 2.05) is 0 Å². The van der Waals surface area contributed by atoms with Crippen LogP contribution in [0.3, 0.4) is 0 Å². The quantitative estimate of drug-likeness (QED) is 0.692. The maximum Gasteiger partial charge on any atom is 0.303 e. The molecule has 17 heavy (non-hydrogen) atoms. The lowest BCUT2D eigenvalue weighted by atomic mass is 10.1. The van der Waals surface area contributed by atoms with Crippen LogP contribution >= 0.6 is 0 Å². The molecule has 1 fully saturated rings. The van der Waals surface area contributed by atoms with Crippen LogP contribution in [0, 0.1) is 6.57 Å². The second-order valence-corrected chi connectivity index (χ2v) is 4.88. The first-order valence-corrected chi connectivity index (χ1v) is 5.55. The molecule has 0 radical (unpaired) electrons. The molecule has 0 aliphatic carbocycles. The number of nitrogens with one attached hydrogen (secondary N) is 1. The number of nitrogens with zero attached hydrogens (tertiary/aromatic N) is 2. The van der Waals surface area contributed by atoms with Gasteiger partial charge in [-0.1, -0.05) is 0 Å². The summed E-state index contributed by atoms with van der Waals surface area (Å²) in [5, 5.41) is 11.9. The number of likely N-dealkylation sites (tertiary alicyclic amines) is 1. The zero-order valence-corrected chi connectivity index (χ0v) is 10.1. The van der Waals surface area contributed by atoms with Crippen molar-refractivity contribution in [3.63, 3.8) is 0 Å². The zero-order chi connectivity index (χ0) is 13.1. The lowest BCUT2D eigenvalue weighted by Crippen LogP contribution is -2.49. The molecule has 1 saturated heterocycles. The molecule has 1 aliphatic heterocycles. The molecule has 5 nitrogen and oxygen atoms in total. The summed E-state index contributed by atoms with van der Waals surface area (Å²) in [6.07, 6.45) is -1.70. The van der Waals surface area contributed by atoms with Crippen LogP contribution in [0.5, 0.6) is 0 Å². The van der Waals surface area contributed by atoms with Gasteiger partial charge in [-0.05, 0) is 13.8 Å². The third-order valence-electron chi connectivity index (χ3n) is 2.80. The fourth-order valence-electron chi connectivity index (χ4n) is 1.63. The van der Waals surface area contributed by atoms with Crippen molar-refractivity contribution in [1.82, 2.24) is 10.2 Å². The topological polar surface area (TPSA) is 56.9 Å². The molecule has 0 aromatic rings. The Kier molecular flexibility index (Phi) is 4.43. The van der Waals surface area contributed by atoms with Crippen molar-refractivity contribution in [2.24, 2.45) is 0 Å². The third-order valence-corrected chi connectivity index (χ3v) is 2.80. The smallest absolute Gasteiger partial charge is 0.303 e. The molecule has 1 aliphatic rings. The molecule has 1 heterocycles. The number of carbonyl (C=O) groups excluding carboxylic acids is 1. The van der Waals surface area contributed by atoms with Crippen molar-refractivity contribution < 1.29 is 14.3 Å². The Balaban J connectivity index is 2.51. The summed E-state index contributed by atoms with van der Waals surface area (Å²) in [5.41, 5.74) is -0.557. The van der Waals surface area contributed by atoms with Gasteiger partial charge in [0.2, 0.25) is 5.91 Å². The number of hydrogen-bond donors (Lipinski definition) is 2. The van der Waals surface area contributed by atoms with Gasteiger partial charge in [0, 0.05) is 5.54 Å². The first-order valence-electron chi connectivity index (χ1n) is 5.55. The highest BCUT2D eigenvalue weighted by atomic mass is 19.1. The maximum atomic E-state index is 13.1. The standard InChI is InChI=1S/C11H18FN3O2/c1-11(2,7-16)14-5-10(17)15-6-8(12)4-9(15)13-3/h8-9,14,16H,4-7H2,1-2H3/t8-,9-/m0/s1. The number of rotatable bonds is 4. The number of aliphatic hydroxyl groups is 1. The van der Waals surface area contributed by atoms with Crippen LogP contribution in [0.25, 0.3) is 4.85 Å². The average Bonchev–Trinajstić information content (AvgIpc) is 2.67. The van der Waals surface area contributed by atoms with Gasteiger partial charge >= 0.3 is 6.17 Å². The van der Waals surface area contributed by atoms with E-state index >= 15 is 0 Å². The molecule has 0 spiro atoms. The van der Waals surface area contributed by atoms with Crippen LogP contribution in [0.1, 0.15) is 20.3 Å². The first-order chi connectivity index (χ1) is 7.89. The fraction of sp³-hybridized carbons (Fsp3) is 0.818. The average molecular weight is 243 g/mol. The summed E-state index contributed by atoms with van der Waals surface area (Å²) in [4.78, 5) is 16.3. The van der Waals surface area contributed by atoms with Crippen LogP contribution in [0.15, 0.2) is 0 Å². The normalized spacial score (nSPS) is 24.8. The fourth-order valence-corrected chi connectivity index (χ4v) is 1.63. The second-order valence-electron chi connectivity index (χ2n) is 4.88. The van der Waals surface area contributed by atoms with Crippen molar-refractivity contribution in [3.05, 3.63) is 11.4 Å². The Bertz CT molecular complexity index is 327. The van der Waals surface area contributed by atoms with Gasteiger partial charge in [-0.3, -0.25) is 14.5 Å². The Labute approximate surface area is 100 Å². The highest BCUT2D eigenvalue weighted by Gasteiger charge is 2.39. The molecule has 0 bridgehead atoms. The highest BCUT2D eigenvalue weighted by molar-refractivity contribution is 5.79. The number of hydrogen-bond acceptors (Lipinski definition) is 3. The van der Waals surface area contributed by atoms with Gasteiger partial charge in [0.25, 0.3) is 0 Å². The van der Waals surface area contributed by atoms with E-state index in [9.17, 15) is 9.18 Å². The molecule has 6 heteroatoms. The van der Waals surface area contributed by atoms with E-state index in [1.54, 1.807) is 13.8 Å². The van der Waals surface area contributed by atoms with Crippen LogP contribution in [0.2, 0.25) is 0 Å². The summed E-state index contributed by atoms with van der Waals surface area (Å²) in [6.45, 7) is 10.3. The number of carbonyl (C=O) groups is 1. The molecule has 0 aromatic carbocycles. The van der Waals surface area contributed by atoms with Gasteiger partial charge in [-0.2, -0.15) is 0 Å². The molecule has 1 amide bonds. The zero-order valence-electron chi connectivity index (χ0n) is 10.1. The molecular formula is C11H18FN3O2. The summed E-state index contributed by atoms with van der Waals surface area (Å²) in [6, 6.07) is 0. The van der Waals surface area contributed by atoms with Gasteiger partial charge in [-0.15, -0.1) is 0 Å². The van der Waals surface area contributed by atoms with E-state index in [0.717, 1.165) is 0 Å². The molecule has 2 atom stereocenters. The lowest BCUT2D eigenvalue weighted by Gasteiger charge is -2.25. The van der Waals surface area contributed by atoms with Crippen LogP contribution in [0.4, 0.5) is 4.39 Å². The molecular weight excluding hydrogens is 225 g/mol. The number of aliphatic hydroxyl groups excluding tert-OH is 1. The van der Waals surface area contributed by atoms with E-state index in [2.05, 4.69) is 10.2 Å². The third kappa shape index (κ3) is 3.65. The number of amides is 1. The van der Waals surface area contributed by atoms with Gasteiger partial charge in [0.1, 0.15) is 6.17 Å². The summed E-state index contributed by atoms with van der Waals surface area (Å²) < 4.78 is 13.1. The van der Waals surface area contributed by atoms with E-state index in [0.29, 0.717) is 0 Å². The predicted octanol–water partition coefficient (Wildman–Crippen LogP) is 0.163. The van der Waals surface area contributed by atoms with E-state index in [-0.39, 0.29) is 32.0 Å². The Morgan fingerprint density at radius 3 is 2.88 bits per heavy atom. The number of alkyl halides is 1. The highest BCUT2D eigenvalue weighted by Crippen LogP contribution is 2.21. The van der Waals surface area contributed by atoms with Gasteiger partial charge < -0.3 is 10.4 Å². The molecule has 2 N–H and O–H groups in total. The molecule has 0 saturated carbocycles. The van der Waals surface area contributed by atoms with E-state index in [4.69, 9.17) is 11.7 Å². The van der Waals surface area contributed by atoms with Crippen LogP contribution < -0.4 is 5.32 Å². The summed E-state index contributed by atoms with van der Waals surface area (Å²) in [5.74, 6) is -0.298. The number of halogens is 1. The SMILES string of the molecule is [C-]#[N+][C@@H]1C[C@H](F)CN1C(=O)CNC(C)(C)CO. The van der Waals surface area contributed by atoms with Crippen molar-refractivity contribution >= 4 is 5.91 Å². The Hall–Kier alpha value is -1.19. The molecule has 96 valence electrons. The minimum absolute atomic E-state index is 0.00625. The van der Waals surface area contributed by atoms with Crippen molar-refractivity contribution in [1.29, 1.82) is 0 Å². The molecule has 1 rings (SSSR count). The van der Waals surface area contributed by atoms with Gasteiger partial charge in [-0.25, -0.2) is 11.0 Å². The minimum Gasteiger partial charge on any atom is -0.394 e. The molecule has 0 aromatic heterocycles. The van der Waals surface area contributed by atoms with Crippen LogP contribution in [-0.2, 0) is 4.79 Å². The summed E-state index contributed by atoms with van der Waals surface area (Å²) in [7, 11) is 0. The van der Waals surface area contributed by atoms with Crippen molar-refractivity contribution in [2.45, 2.75) is 38.1 Å². The lowest BCUT2D eigenvalue weighted by molar-refractivity contribution is -0.130.